The summed E-state index contributed by atoms with van der Waals surface area (Å²) >= 11 is 11.8. The minimum absolute atomic E-state index is 0. The van der Waals surface area contributed by atoms with Crippen LogP contribution in [0, 0.1) is 25.8 Å². The van der Waals surface area contributed by atoms with E-state index in [4.69, 9.17) is 32.7 Å². The fraction of sp³-hybridized carbons (Fsp3) is 0.423. The zero-order valence-electron chi connectivity index (χ0n) is 20.5. The molecule has 0 unspecified atom stereocenters. The number of rotatable bonds is 4. The van der Waals surface area contributed by atoms with Gasteiger partial charge < -0.3 is 26.4 Å². The van der Waals surface area contributed by atoms with Crippen molar-refractivity contribution in [2.75, 3.05) is 19.7 Å². The summed E-state index contributed by atoms with van der Waals surface area (Å²) in [5.41, 5.74) is 1.42. The average Bonchev–Trinajstić information content (AvgIpc) is 2.75. The van der Waals surface area contributed by atoms with Crippen molar-refractivity contribution in [2.45, 2.75) is 45.6 Å². The normalized spacial score (nSPS) is 17.4. The van der Waals surface area contributed by atoms with Gasteiger partial charge in [0.2, 0.25) is 0 Å². The second-order valence-corrected chi connectivity index (χ2v) is 9.82. The monoisotopic (exact) mass is 596 g/mol. The van der Waals surface area contributed by atoms with Crippen molar-refractivity contribution < 1.29 is 56.9 Å². The molecular weight excluding hydrogens is 566 g/mol. The number of amides is 1. The van der Waals surface area contributed by atoms with E-state index >= 15 is 0 Å². The van der Waals surface area contributed by atoms with Crippen molar-refractivity contribution in [3.63, 3.8) is 0 Å². The van der Waals surface area contributed by atoms with E-state index in [0.717, 1.165) is 11.1 Å². The minimum atomic E-state index is -0.883. The maximum absolute atomic E-state index is 12.1. The number of aliphatic carboxylic acids is 1. The molecule has 0 spiro atoms. The summed E-state index contributed by atoms with van der Waals surface area (Å²) in [6.45, 7) is 11.9. The molecule has 0 bridgehead atoms. The van der Waals surface area contributed by atoms with Gasteiger partial charge in [0, 0.05) is 45.8 Å². The van der Waals surface area contributed by atoms with E-state index in [1.54, 1.807) is 45.0 Å². The molecule has 0 aliphatic carbocycles. The number of piperidine rings is 1. The number of halogens is 2. The van der Waals surface area contributed by atoms with Gasteiger partial charge in [-0.3, -0.25) is 4.79 Å². The summed E-state index contributed by atoms with van der Waals surface area (Å²) in [6, 6.07) is 13.9. The van der Waals surface area contributed by atoms with Crippen LogP contribution in [0.15, 0.2) is 36.4 Å². The summed E-state index contributed by atoms with van der Waals surface area (Å²) in [4.78, 5) is 25.2. The Hall–Kier alpha value is -1.34. The van der Waals surface area contributed by atoms with Crippen LogP contribution in [0.4, 0.5) is 4.79 Å². The van der Waals surface area contributed by atoms with E-state index in [-0.39, 0.29) is 45.2 Å². The molecule has 189 valence electrons. The SMILES string of the molecule is CC(C)(C)OC(=O)N1CC[C@H](c2cc[c-]cc2)[C@@H](C(=O)O)C1.[CH2-]COc1c(Cl)cc(C)cc1Cl.[Y]. The number of aryl methyl sites for hydroxylation is 1. The number of carboxylic acid groups (broad SMARTS) is 1. The maximum Gasteiger partial charge on any atom is 0.410 e. The zero-order chi connectivity index (χ0) is 25.5. The molecule has 35 heavy (non-hydrogen) atoms. The number of carboxylic acids is 1. The standard InChI is InChI=1S/C17H22NO4.C9H9Cl2O.Y/c1-17(2,3)22-16(21)18-10-9-13(14(11-18)15(19)20)12-7-5-4-6-8-12;1-3-12-9-7(10)4-6(2)5-8(9)11;/h5-8,13-14H,9-11H2,1-3H3,(H,19,20);4-5H,1,3H2,2H3;/q2*-1;/t13-,14+;;/m1../s1. The fourth-order valence-electron chi connectivity index (χ4n) is 3.67. The summed E-state index contributed by atoms with van der Waals surface area (Å²) in [6.07, 6.45) is 0.166. The third-order valence-electron chi connectivity index (χ3n) is 5.14. The number of hydrogen-bond donors (Lipinski definition) is 1. The van der Waals surface area contributed by atoms with E-state index in [1.807, 2.05) is 19.1 Å². The van der Waals surface area contributed by atoms with Crippen molar-refractivity contribution in [2.24, 2.45) is 5.92 Å². The van der Waals surface area contributed by atoms with Gasteiger partial charge >= 0.3 is 12.1 Å². The third kappa shape index (κ3) is 9.91. The summed E-state index contributed by atoms with van der Waals surface area (Å²) in [7, 11) is 0. The first-order valence-corrected chi connectivity index (χ1v) is 11.7. The van der Waals surface area contributed by atoms with Crippen LogP contribution in [0.2, 0.25) is 10.0 Å². The topological polar surface area (TPSA) is 76.1 Å². The van der Waals surface area contributed by atoms with Crippen molar-refractivity contribution in [1.29, 1.82) is 0 Å². The van der Waals surface area contributed by atoms with E-state index in [2.05, 4.69) is 13.0 Å². The minimum Gasteiger partial charge on any atom is -0.523 e. The van der Waals surface area contributed by atoms with Gasteiger partial charge in [-0.05, 0) is 64.3 Å². The van der Waals surface area contributed by atoms with Crippen LogP contribution in [0.1, 0.15) is 44.2 Å². The molecule has 3 rings (SSSR count). The van der Waals surface area contributed by atoms with E-state index in [1.165, 1.54) is 4.90 Å². The number of carbonyl (C=O) groups is 2. The molecule has 2 aromatic carbocycles. The Labute approximate surface area is 243 Å². The van der Waals surface area contributed by atoms with E-state index in [0.29, 0.717) is 35.4 Å². The summed E-state index contributed by atoms with van der Waals surface area (Å²) < 4.78 is 10.5. The number of likely N-dealkylation sites (tertiary alicyclic amines) is 1. The molecule has 1 N–H and O–H groups in total. The Balaban J connectivity index is 0.000000401. The van der Waals surface area contributed by atoms with Crippen LogP contribution in [-0.2, 0) is 42.2 Å². The van der Waals surface area contributed by atoms with Crippen LogP contribution in [0.5, 0.6) is 5.75 Å². The van der Waals surface area contributed by atoms with Crippen molar-refractivity contribution in [3.8, 4) is 5.75 Å². The Morgan fingerprint density at radius 3 is 2.26 bits per heavy atom. The van der Waals surface area contributed by atoms with E-state index < -0.39 is 23.6 Å². The fourth-order valence-corrected chi connectivity index (χ4v) is 4.37. The van der Waals surface area contributed by atoms with Gasteiger partial charge in [0.15, 0.2) is 5.75 Å². The van der Waals surface area contributed by atoms with Gasteiger partial charge in [0.1, 0.15) is 5.60 Å². The third-order valence-corrected chi connectivity index (χ3v) is 5.70. The van der Waals surface area contributed by atoms with Crippen LogP contribution in [-0.4, -0.2) is 47.4 Å². The molecule has 1 aliphatic rings. The number of nitrogens with zero attached hydrogens (tertiary/aromatic N) is 1. The smallest absolute Gasteiger partial charge is 0.410 e. The Kier molecular flexibility index (Phi) is 13.1. The van der Waals surface area contributed by atoms with Gasteiger partial charge in [-0.1, -0.05) is 23.2 Å². The molecule has 1 saturated heterocycles. The number of benzene rings is 2. The summed E-state index contributed by atoms with van der Waals surface area (Å²) in [5.74, 6) is -1.08. The van der Waals surface area contributed by atoms with Gasteiger partial charge in [-0.25, -0.2) is 4.79 Å². The average molecular weight is 597 g/mol. The number of hydrogen-bond acceptors (Lipinski definition) is 4. The van der Waals surface area contributed by atoms with Gasteiger partial charge in [0.05, 0.1) is 16.0 Å². The predicted molar refractivity (Wildman–Crippen MR) is 134 cm³/mol. The molecule has 1 heterocycles. The van der Waals surface area contributed by atoms with Crippen molar-refractivity contribution in [1.82, 2.24) is 4.90 Å². The van der Waals surface area contributed by atoms with Gasteiger partial charge in [-0.2, -0.15) is 35.9 Å². The summed E-state index contributed by atoms with van der Waals surface area (Å²) in [5, 5.41) is 10.6. The Bertz CT molecular complexity index is 958. The van der Waals surface area contributed by atoms with Crippen LogP contribution in [0.25, 0.3) is 0 Å². The van der Waals surface area contributed by atoms with Gasteiger partial charge in [0.25, 0.3) is 0 Å². The zero-order valence-corrected chi connectivity index (χ0v) is 24.9. The molecule has 2 aromatic rings. The molecule has 6 nitrogen and oxygen atoms in total. The molecule has 1 fully saturated rings. The molecular formula is C26H31Cl2NO5Y-2. The first-order chi connectivity index (χ1) is 15.9. The van der Waals surface area contributed by atoms with Crippen LogP contribution < -0.4 is 4.74 Å². The molecule has 1 amide bonds. The maximum atomic E-state index is 12.1. The Morgan fingerprint density at radius 1 is 1.20 bits per heavy atom. The second-order valence-electron chi connectivity index (χ2n) is 9.01. The number of carbonyl (C=O) groups excluding carboxylic acids is 1. The van der Waals surface area contributed by atoms with E-state index in [9.17, 15) is 14.7 Å². The number of ether oxygens (including phenoxy) is 2. The molecule has 1 aliphatic heterocycles. The molecule has 1 radical (unpaired) electrons. The quantitative estimate of drug-likeness (QED) is 0.412. The molecule has 0 aromatic heterocycles. The van der Waals surface area contributed by atoms with Crippen molar-refractivity contribution in [3.05, 3.63) is 70.6 Å². The Morgan fingerprint density at radius 2 is 1.77 bits per heavy atom. The molecule has 9 heteroatoms. The first kappa shape index (κ1) is 31.7. The van der Waals surface area contributed by atoms with Crippen LogP contribution >= 0.6 is 23.2 Å². The molecule has 2 atom stereocenters. The van der Waals surface area contributed by atoms with Crippen LogP contribution in [0.3, 0.4) is 0 Å². The second kappa shape index (κ2) is 14.4. The predicted octanol–water partition coefficient (Wildman–Crippen LogP) is 6.42. The van der Waals surface area contributed by atoms with Gasteiger partial charge in [-0.15, -0.1) is 0 Å². The largest absolute Gasteiger partial charge is 0.523 e. The first-order valence-electron chi connectivity index (χ1n) is 11.0. The molecule has 0 saturated carbocycles. The van der Waals surface area contributed by atoms with Crippen molar-refractivity contribution >= 4 is 35.3 Å².